The molecule has 2 aliphatic carbocycles. The van der Waals surface area contributed by atoms with E-state index in [1.54, 1.807) is 0 Å². The molecule has 92 valence electrons. The highest BCUT2D eigenvalue weighted by atomic mass is 16.2. The van der Waals surface area contributed by atoms with Gasteiger partial charge in [0, 0.05) is 6.04 Å². The van der Waals surface area contributed by atoms with E-state index < -0.39 is 11.4 Å². The molecule has 3 aliphatic rings. The number of carbonyl (C=O) groups excluding carboxylic acids is 3. The summed E-state index contributed by atoms with van der Waals surface area (Å²) in [5.74, 6) is -0.627. The molecule has 0 aromatic heterocycles. The molecule has 0 aromatic rings. The van der Waals surface area contributed by atoms with Crippen LogP contribution >= 0.6 is 0 Å². The SMILES string of the molecule is O=C1NC(=O)C2(CCC2)C(=O)N1C1CCCC1. The molecule has 3 rings (SSSR count). The zero-order valence-electron chi connectivity index (χ0n) is 9.70. The van der Waals surface area contributed by atoms with Crippen molar-refractivity contribution in [2.45, 2.75) is 51.0 Å². The maximum Gasteiger partial charge on any atom is 0.331 e. The van der Waals surface area contributed by atoms with E-state index in [1.165, 1.54) is 4.90 Å². The molecule has 4 amide bonds. The van der Waals surface area contributed by atoms with Gasteiger partial charge in [0.25, 0.3) is 0 Å². The van der Waals surface area contributed by atoms with Crippen LogP contribution in [0.1, 0.15) is 44.9 Å². The van der Waals surface area contributed by atoms with Gasteiger partial charge in [-0.3, -0.25) is 19.8 Å². The van der Waals surface area contributed by atoms with Gasteiger partial charge >= 0.3 is 6.03 Å². The number of nitrogens with one attached hydrogen (secondary N) is 1. The highest BCUT2D eigenvalue weighted by molar-refractivity contribution is 6.19. The quantitative estimate of drug-likeness (QED) is 0.695. The van der Waals surface area contributed by atoms with Crippen molar-refractivity contribution in [1.29, 1.82) is 0 Å². The Kier molecular flexibility index (Phi) is 2.24. The summed E-state index contributed by atoms with van der Waals surface area (Å²) in [5, 5.41) is 2.36. The molecule has 2 saturated carbocycles. The van der Waals surface area contributed by atoms with E-state index in [4.69, 9.17) is 0 Å². The second-order valence-electron chi connectivity index (χ2n) is 5.31. The molecular weight excluding hydrogens is 220 g/mol. The molecular formula is C12H16N2O3. The van der Waals surface area contributed by atoms with Crippen molar-refractivity contribution in [3.05, 3.63) is 0 Å². The molecule has 1 aliphatic heterocycles. The lowest BCUT2D eigenvalue weighted by Crippen LogP contribution is -2.67. The van der Waals surface area contributed by atoms with Crippen molar-refractivity contribution in [2.75, 3.05) is 0 Å². The van der Waals surface area contributed by atoms with Crippen LogP contribution in [0, 0.1) is 5.41 Å². The Labute approximate surface area is 99.5 Å². The molecule has 5 heteroatoms. The molecule has 0 bridgehead atoms. The fraction of sp³-hybridized carbons (Fsp3) is 0.750. The zero-order valence-corrected chi connectivity index (χ0v) is 9.70. The number of imide groups is 2. The maximum absolute atomic E-state index is 12.4. The fourth-order valence-corrected chi connectivity index (χ4v) is 3.16. The topological polar surface area (TPSA) is 66.5 Å². The van der Waals surface area contributed by atoms with Gasteiger partial charge in [0.2, 0.25) is 11.8 Å². The van der Waals surface area contributed by atoms with Crippen molar-refractivity contribution in [3.63, 3.8) is 0 Å². The Morgan fingerprint density at radius 3 is 2.24 bits per heavy atom. The summed E-state index contributed by atoms with van der Waals surface area (Å²) in [4.78, 5) is 37.3. The Hall–Kier alpha value is -1.39. The summed E-state index contributed by atoms with van der Waals surface area (Å²) < 4.78 is 0. The highest BCUT2D eigenvalue weighted by Crippen LogP contribution is 2.45. The second-order valence-corrected chi connectivity index (χ2v) is 5.31. The summed E-state index contributed by atoms with van der Waals surface area (Å²) in [6.45, 7) is 0. The smallest absolute Gasteiger partial charge is 0.277 e. The lowest BCUT2D eigenvalue weighted by atomic mass is 9.66. The lowest BCUT2D eigenvalue weighted by Gasteiger charge is -2.46. The third-order valence-corrected chi connectivity index (χ3v) is 4.40. The third kappa shape index (κ3) is 1.34. The molecule has 5 nitrogen and oxygen atoms in total. The summed E-state index contributed by atoms with van der Waals surface area (Å²) >= 11 is 0. The number of rotatable bonds is 1. The van der Waals surface area contributed by atoms with Crippen molar-refractivity contribution >= 4 is 17.8 Å². The van der Waals surface area contributed by atoms with Crippen molar-refractivity contribution < 1.29 is 14.4 Å². The van der Waals surface area contributed by atoms with Crippen LogP contribution in [0.4, 0.5) is 4.79 Å². The summed E-state index contributed by atoms with van der Waals surface area (Å²) in [6, 6.07) is -0.502. The number of nitrogens with zero attached hydrogens (tertiary/aromatic N) is 1. The monoisotopic (exact) mass is 236 g/mol. The van der Waals surface area contributed by atoms with Crippen LogP contribution in [0.2, 0.25) is 0 Å². The van der Waals surface area contributed by atoms with E-state index in [1.807, 2.05) is 0 Å². The predicted molar refractivity (Wildman–Crippen MR) is 58.9 cm³/mol. The van der Waals surface area contributed by atoms with E-state index in [-0.39, 0.29) is 17.9 Å². The minimum atomic E-state index is -0.906. The van der Waals surface area contributed by atoms with E-state index in [9.17, 15) is 14.4 Å². The van der Waals surface area contributed by atoms with Gasteiger partial charge in [0.15, 0.2) is 0 Å². The van der Waals surface area contributed by atoms with Crippen LogP contribution in [-0.2, 0) is 9.59 Å². The molecule has 0 radical (unpaired) electrons. The van der Waals surface area contributed by atoms with Gasteiger partial charge in [-0.15, -0.1) is 0 Å². The summed E-state index contributed by atoms with van der Waals surface area (Å²) in [6.07, 6.45) is 5.95. The molecule has 3 fully saturated rings. The Bertz CT molecular complexity index is 395. The Balaban J connectivity index is 1.90. The first kappa shape index (κ1) is 10.7. The van der Waals surface area contributed by atoms with Gasteiger partial charge in [-0.1, -0.05) is 19.3 Å². The van der Waals surface area contributed by atoms with Crippen LogP contribution in [-0.4, -0.2) is 28.8 Å². The van der Waals surface area contributed by atoms with Gasteiger partial charge in [-0.25, -0.2) is 4.79 Å². The van der Waals surface area contributed by atoms with Crippen molar-refractivity contribution in [3.8, 4) is 0 Å². The first-order chi connectivity index (χ1) is 8.15. The van der Waals surface area contributed by atoms with Crippen LogP contribution in [0.15, 0.2) is 0 Å². The largest absolute Gasteiger partial charge is 0.331 e. The summed E-state index contributed by atoms with van der Waals surface area (Å²) in [5.41, 5.74) is -0.906. The van der Waals surface area contributed by atoms with Crippen molar-refractivity contribution in [2.24, 2.45) is 5.41 Å². The minimum absolute atomic E-state index is 0.00748. The molecule has 0 atom stereocenters. The normalized spacial score (nSPS) is 28.5. The van der Waals surface area contributed by atoms with Crippen LogP contribution in [0.3, 0.4) is 0 Å². The average molecular weight is 236 g/mol. The van der Waals surface area contributed by atoms with Crippen molar-refractivity contribution in [1.82, 2.24) is 10.2 Å². The van der Waals surface area contributed by atoms with Gasteiger partial charge in [0.05, 0.1) is 0 Å². The first-order valence-electron chi connectivity index (χ1n) is 6.34. The van der Waals surface area contributed by atoms with Crippen LogP contribution in [0.5, 0.6) is 0 Å². The number of hydrogen-bond acceptors (Lipinski definition) is 3. The molecule has 1 heterocycles. The number of urea groups is 1. The fourth-order valence-electron chi connectivity index (χ4n) is 3.16. The lowest BCUT2D eigenvalue weighted by molar-refractivity contribution is -0.159. The van der Waals surface area contributed by atoms with Gasteiger partial charge in [-0.05, 0) is 25.7 Å². The number of hydrogen-bond donors (Lipinski definition) is 1. The minimum Gasteiger partial charge on any atom is -0.277 e. The third-order valence-electron chi connectivity index (χ3n) is 4.40. The highest BCUT2D eigenvalue weighted by Gasteiger charge is 2.58. The van der Waals surface area contributed by atoms with E-state index >= 15 is 0 Å². The Morgan fingerprint density at radius 2 is 1.71 bits per heavy atom. The maximum atomic E-state index is 12.4. The van der Waals surface area contributed by atoms with Crippen LogP contribution < -0.4 is 5.32 Å². The van der Waals surface area contributed by atoms with E-state index in [2.05, 4.69) is 5.32 Å². The standard InChI is InChI=1S/C12H16N2O3/c15-9-12(6-3-7-12)10(16)14(11(17)13-9)8-4-1-2-5-8/h8H,1-7H2,(H,13,15,17). The summed E-state index contributed by atoms with van der Waals surface area (Å²) in [7, 11) is 0. The zero-order chi connectivity index (χ0) is 12.0. The average Bonchev–Trinajstić information content (AvgIpc) is 2.67. The molecule has 17 heavy (non-hydrogen) atoms. The van der Waals surface area contributed by atoms with Gasteiger partial charge < -0.3 is 0 Å². The van der Waals surface area contributed by atoms with Gasteiger partial charge in [-0.2, -0.15) is 0 Å². The second kappa shape index (κ2) is 3.55. The molecule has 1 N–H and O–H groups in total. The van der Waals surface area contributed by atoms with E-state index in [0.29, 0.717) is 12.8 Å². The van der Waals surface area contributed by atoms with Gasteiger partial charge in [0.1, 0.15) is 5.41 Å². The number of carbonyl (C=O) groups is 3. The molecule has 0 unspecified atom stereocenters. The number of amides is 4. The van der Waals surface area contributed by atoms with Crippen LogP contribution in [0.25, 0.3) is 0 Å². The number of barbiturate groups is 1. The first-order valence-corrected chi connectivity index (χ1v) is 6.34. The predicted octanol–water partition coefficient (Wildman–Crippen LogP) is 1.18. The Morgan fingerprint density at radius 1 is 1.06 bits per heavy atom. The molecule has 0 aromatic carbocycles. The van der Waals surface area contributed by atoms with E-state index in [0.717, 1.165) is 32.1 Å². The molecule has 1 saturated heterocycles. The molecule has 1 spiro atoms.